The average molecular weight is 493 g/mol. The minimum absolute atomic E-state index is 0.0555. The Balaban J connectivity index is 1.84. The molecule has 2 aliphatic rings. The van der Waals surface area contributed by atoms with Crippen molar-refractivity contribution in [3.05, 3.63) is 58.7 Å². The van der Waals surface area contributed by atoms with Gasteiger partial charge in [0.25, 0.3) is 11.3 Å². The number of anilines is 2. The van der Waals surface area contributed by atoms with Crippen molar-refractivity contribution in [3.8, 4) is 5.75 Å². The third-order valence-electron chi connectivity index (χ3n) is 6.34. The van der Waals surface area contributed by atoms with Gasteiger partial charge in [-0.2, -0.15) is 0 Å². The molecule has 2 N–H and O–H groups in total. The summed E-state index contributed by atoms with van der Waals surface area (Å²) in [5.41, 5.74) is -0.244. The third kappa shape index (κ3) is 4.57. The van der Waals surface area contributed by atoms with Gasteiger partial charge >= 0.3 is 5.97 Å². The molecule has 0 aromatic heterocycles. The van der Waals surface area contributed by atoms with Crippen LogP contribution in [0.25, 0.3) is 6.08 Å². The van der Waals surface area contributed by atoms with E-state index in [1.54, 1.807) is 12.2 Å². The van der Waals surface area contributed by atoms with Gasteiger partial charge in [0.15, 0.2) is 0 Å². The minimum Gasteiger partial charge on any atom is -0.492 e. The zero-order chi connectivity index (χ0) is 24.6. The highest BCUT2D eigenvalue weighted by Crippen LogP contribution is 2.57. The van der Waals surface area contributed by atoms with Gasteiger partial charge in [-0.15, -0.1) is 0 Å². The van der Waals surface area contributed by atoms with Crippen LogP contribution in [0.1, 0.15) is 47.7 Å². The normalized spacial score (nSPS) is 19.5. The summed E-state index contributed by atoms with van der Waals surface area (Å²) >= 11 is -2.79. The minimum atomic E-state index is -2.79. The molecular formula is C24H26F2N2O5S. The number of ether oxygens (including phenoxy) is 1. The van der Waals surface area contributed by atoms with Gasteiger partial charge in [-0.05, 0) is 43.6 Å². The number of benzene rings is 2. The molecule has 4 rings (SSSR count). The van der Waals surface area contributed by atoms with E-state index in [4.69, 9.17) is 4.74 Å². The summed E-state index contributed by atoms with van der Waals surface area (Å²) in [7, 11) is 0. The van der Waals surface area contributed by atoms with Gasteiger partial charge < -0.3 is 14.7 Å². The largest absolute Gasteiger partial charge is 0.492 e. The van der Waals surface area contributed by atoms with Crippen LogP contribution in [0.3, 0.4) is 0 Å². The number of carbonyl (C=O) groups is 1. The van der Waals surface area contributed by atoms with Gasteiger partial charge in [0.05, 0.1) is 18.0 Å². The standard InChI is InChI=1S/C24H26F2N2O5S/c1-3-27(4-2)9-5-6-14-10-16(25)7-8-19(14)28(34(31)32)20-12-18(26)21-17-11-15(17)13-33-23(21)22(20)24(29)30/h5-8,10,12,15,17H,3-4,9,11,13H2,1-2H3,(H,29,30)(H,31,32). The summed E-state index contributed by atoms with van der Waals surface area (Å²) < 4.78 is 58.3. The van der Waals surface area contributed by atoms with E-state index in [0.717, 1.165) is 29.5 Å². The number of aromatic carboxylic acids is 1. The van der Waals surface area contributed by atoms with Gasteiger partial charge in [-0.3, -0.25) is 4.55 Å². The molecule has 3 atom stereocenters. The van der Waals surface area contributed by atoms with E-state index in [2.05, 4.69) is 4.90 Å². The lowest BCUT2D eigenvalue weighted by Crippen LogP contribution is -2.25. The van der Waals surface area contributed by atoms with Crippen LogP contribution in [-0.4, -0.2) is 51.0 Å². The predicted molar refractivity (Wildman–Crippen MR) is 126 cm³/mol. The maximum Gasteiger partial charge on any atom is 0.341 e. The number of carboxylic acids is 1. The first kappa shape index (κ1) is 24.3. The number of hydrogen-bond donors (Lipinski definition) is 2. The second kappa shape index (κ2) is 9.81. The van der Waals surface area contributed by atoms with E-state index >= 15 is 4.39 Å². The van der Waals surface area contributed by atoms with Crippen molar-refractivity contribution < 1.29 is 32.2 Å². The predicted octanol–water partition coefficient (Wildman–Crippen LogP) is 4.79. The molecular weight excluding hydrogens is 466 g/mol. The Kier molecular flexibility index (Phi) is 7.01. The molecule has 182 valence electrons. The number of likely N-dealkylation sites (N-methyl/N-ethyl adjacent to an activating group) is 1. The maximum atomic E-state index is 15.2. The highest BCUT2D eigenvalue weighted by atomic mass is 32.2. The molecule has 1 aliphatic carbocycles. The van der Waals surface area contributed by atoms with Crippen LogP contribution in [0.4, 0.5) is 20.2 Å². The number of nitrogens with zero attached hydrogens (tertiary/aromatic N) is 2. The highest BCUT2D eigenvalue weighted by molar-refractivity contribution is 7.81. The monoisotopic (exact) mass is 492 g/mol. The maximum absolute atomic E-state index is 15.2. The second-order valence-electron chi connectivity index (χ2n) is 8.33. The summed E-state index contributed by atoms with van der Waals surface area (Å²) in [5.74, 6) is -2.77. The Bertz CT molecular complexity index is 1170. The molecule has 0 bridgehead atoms. The van der Waals surface area contributed by atoms with Crippen molar-refractivity contribution >= 4 is 34.7 Å². The smallest absolute Gasteiger partial charge is 0.341 e. The fourth-order valence-electron chi connectivity index (χ4n) is 4.42. The van der Waals surface area contributed by atoms with E-state index in [9.17, 15) is 23.1 Å². The Hall–Kier alpha value is -2.82. The van der Waals surface area contributed by atoms with Crippen molar-refractivity contribution in [1.82, 2.24) is 4.90 Å². The molecule has 0 amide bonds. The van der Waals surface area contributed by atoms with Crippen molar-refractivity contribution in [3.63, 3.8) is 0 Å². The molecule has 3 unspecified atom stereocenters. The SMILES string of the molecule is CCN(CC)CC=Cc1cc(F)ccc1N(c1cc(F)c2c(c1C(=O)O)OCC1CC21)S(=O)O. The molecule has 0 saturated heterocycles. The number of rotatable bonds is 9. The van der Waals surface area contributed by atoms with Crippen LogP contribution < -0.4 is 9.04 Å². The van der Waals surface area contributed by atoms with Crippen molar-refractivity contribution in [2.75, 3.05) is 30.5 Å². The fourth-order valence-corrected chi connectivity index (χ4v) is 5.07. The van der Waals surface area contributed by atoms with Gasteiger partial charge in [0, 0.05) is 29.7 Å². The van der Waals surface area contributed by atoms with Crippen molar-refractivity contribution in [1.29, 1.82) is 0 Å². The molecule has 10 heteroatoms. The first-order valence-corrected chi connectivity index (χ1v) is 12.1. The van der Waals surface area contributed by atoms with E-state index < -0.39 is 34.4 Å². The van der Waals surface area contributed by atoms with Crippen molar-refractivity contribution in [2.24, 2.45) is 5.92 Å². The summed E-state index contributed by atoms with van der Waals surface area (Å²) in [5, 5.41) is 9.97. The number of hydrogen-bond acceptors (Lipinski definition) is 4. The van der Waals surface area contributed by atoms with Gasteiger partial charge in [-0.25, -0.2) is 22.1 Å². The summed E-state index contributed by atoms with van der Waals surface area (Å²) in [6, 6.07) is 4.49. The lowest BCUT2D eigenvalue weighted by molar-refractivity contribution is 0.0692. The van der Waals surface area contributed by atoms with Crippen LogP contribution >= 0.6 is 0 Å². The Morgan fingerprint density at radius 2 is 1.97 bits per heavy atom. The quantitative estimate of drug-likeness (QED) is 0.490. The Morgan fingerprint density at radius 3 is 2.62 bits per heavy atom. The molecule has 2 aromatic rings. The lowest BCUT2D eigenvalue weighted by Gasteiger charge is -2.27. The van der Waals surface area contributed by atoms with Crippen LogP contribution in [0.5, 0.6) is 5.75 Å². The van der Waals surface area contributed by atoms with E-state index in [1.165, 1.54) is 12.1 Å². The summed E-state index contributed by atoms with van der Waals surface area (Å²) in [6.45, 7) is 6.45. The first-order chi connectivity index (χ1) is 16.3. The number of halogens is 2. The van der Waals surface area contributed by atoms with Crippen molar-refractivity contribution in [2.45, 2.75) is 26.2 Å². The molecule has 0 radical (unpaired) electrons. The number of fused-ring (bicyclic) bond motifs is 3. The van der Waals surface area contributed by atoms with Gasteiger partial charge in [0.1, 0.15) is 22.9 Å². The van der Waals surface area contributed by atoms with Gasteiger partial charge in [-0.1, -0.05) is 26.0 Å². The molecule has 7 nitrogen and oxygen atoms in total. The molecule has 2 aromatic carbocycles. The number of carboxylic acid groups (broad SMARTS) is 1. The van der Waals surface area contributed by atoms with E-state index in [0.29, 0.717) is 13.0 Å². The average Bonchev–Trinajstić information content (AvgIpc) is 3.57. The molecule has 1 heterocycles. The second-order valence-corrected chi connectivity index (χ2v) is 9.16. The van der Waals surface area contributed by atoms with E-state index in [1.807, 2.05) is 13.8 Å². The van der Waals surface area contributed by atoms with Crippen LogP contribution in [-0.2, 0) is 11.3 Å². The zero-order valence-corrected chi connectivity index (χ0v) is 19.6. The molecule has 34 heavy (non-hydrogen) atoms. The Morgan fingerprint density at radius 1 is 1.24 bits per heavy atom. The van der Waals surface area contributed by atoms with Crippen LogP contribution in [0.15, 0.2) is 30.3 Å². The van der Waals surface area contributed by atoms with Crippen LogP contribution in [0.2, 0.25) is 0 Å². The lowest BCUT2D eigenvalue weighted by atomic mass is 9.98. The molecule has 1 saturated carbocycles. The molecule has 1 fully saturated rings. The third-order valence-corrected chi connectivity index (χ3v) is 7.04. The first-order valence-electron chi connectivity index (χ1n) is 11.1. The molecule has 0 spiro atoms. The summed E-state index contributed by atoms with van der Waals surface area (Å²) in [4.78, 5) is 14.4. The van der Waals surface area contributed by atoms with Crippen LogP contribution in [0, 0.1) is 17.6 Å². The zero-order valence-electron chi connectivity index (χ0n) is 18.8. The van der Waals surface area contributed by atoms with Gasteiger partial charge in [0.2, 0.25) is 0 Å². The highest BCUT2D eigenvalue weighted by Gasteiger charge is 2.48. The molecule has 1 aliphatic heterocycles. The fraction of sp³-hybridized carbons (Fsp3) is 0.375. The summed E-state index contributed by atoms with van der Waals surface area (Å²) in [6.07, 6.45) is 4.08. The van der Waals surface area contributed by atoms with E-state index in [-0.39, 0.29) is 46.7 Å². The topological polar surface area (TPSA) is 90.3 Å². The Labute approximate surface area is 199 Å².